The van der Waals surface area contributed by atoms with Crippen LogP contribution in [0.25, 0.3) is 0 Å². The molecule has 1 unspecified atom stereocenters. The maximum atomic E-state index is 12.7. The third-order valence-corrected chi connectivity index (χ3v) is 5.45. The summed E-state index contributed by atoms with van der Waals surface area (Å²) >= 11 is 1.54. The summed E-state index contributed by atoms with van der Waals surface area (Å²) in [5.74, 6) is 0.957. The number of carbonyl (C=O) groups is 1. The van der Waals surface area contributed by atoms with Crippen LogP contribution < -0.4 is 10.1 Å². The summed E-state index contributed by atoms with van der Waals surface area (Å²) < 4.78 is 5.53. The topological polar surface area (TPSA) is 62.1 Å². The molecule has 2 aromatic rings. The predicted octanol–water partition coefficient (Wildman–Crippen LogP) is 4.40. The summed E-state index contributed by atoms with van der Waals surface area (Å²) in [7, 11) is 0. The van der Waals surface area contributed by atoms with Gasteiger partial charge in [0.1, 0.15) is 16.8 Å². The molecule has 1 heterocycles. The van der Waals surface area contributed by atoms with E-state index < -0.39 is 0 Å². The van der Waals surface area contributed by atoms with Crippen molar-refractivity contribution in [3.63, 3.8) is 0 Å². The maximum Gasteiger partial charge on any atom is 0.260 e. The van der Waals surface area contributed by atoms with Gasteiger partial charge in [-0.1, -0.05) is 19.1 Å². The van der Waals surface area contributed by atoms with Crippen LogP contribution in [-0.4, -0.2) is 12.5 Å². The molecule has 1 atom stereocenters. The lowest BCUT2D eigenvalue weighted by Gasteiger charge is -2.17. The molecular formula is C19H20N2O2S. The van der Waals surface area contributed by atoms with Gasteiger partial charge in [-0.15, -0.1) is 11.3 Å². The molecule has 24 heavy (non-hydrogen) atoms. The quantitative estimate of drug-likeness (QED) is 0.897. The van der Waals surface area contributed by atoms with E-state index in [1.54, 1.807) is 12.1 Å². The number of thiophene rings is 1. The van der Waals surface area contributed by atoms with Crippen molar-refractivity contribution in [2.75, 3.05) is 11.9 Å². The van der Waals surface area contributed by atoms with Crippen LogP contribution in [0.2, 0.25) is 0 Å². The molecule has 1 aromatic carbocycles. The zero-order chi connectivity index (χ0) is 17.1. The van der Waals surface area contributed by atoms with Crippen LogP contribution >= 0.6 is 11.3 Å². The Balaban J connectivity index is 1.89. The lowest BCUT2D eigenvalue weighted by Crippen LogP contribution is -2.13. The Morgan fingerprint density at radius 3 is 3.00 bits per heavy atom. The van der Waals surface area contributed by atoms with Crippen molar-refractivity contribution in [1.82, 2.24) is 0 Å². The van der Waals surface area contributed by atoms with Gasteiger partial charge in [-0.2, -0.15) is 5.26 Å². The highest BCUT2D eigenvalue weighted by molar-refractivity contribution is 7.16. The summed E-state index contributed by atoms with van der Waals surface area (Å²) in [5.41, 5.74) is 2.24. The Hall–Kier alpha value is -2.32. The largest absolute Gasteiger partial charge is 0.493 e. The fourth-order valence-corrected chi connectivity index (χ4v) is 4.42. The number of ether oxygens (including phenoxy) is 1. The van der Waals surface area contributed by atoms with Crippen LogP contribution in [0.3, 0.4) is 0 Å². The van der Waals surface area contributed by atoms with E-state index in [0.717, 1.165) is 24.8 Å². The molecule has 0 spiro atoms. The zero-order valence-electron chi connectivity index (χ0n) is 13.9. The Morgan fingerprint density at radius 2 is 2.25 bits per heavy atom. The van der Waals surface area contributed by atoms with E-state index in [-0.39, 0.29) is 5.91 Å². The van der Waals surface area contributed by atoms with E-state index in [2.05, 4.69) is 18.3 Å². The van der Waals surface area contributed by atoms with Gasteiger partial charge in [0.2, 0.25) is 0 Å². The van der Waals surface area contributed by atoms with Crippen molar-refractivity contribution >= 4 is 22.2 Å². The number of anilines is 1. The molecule has 3 rings (SSSR count). The molecule has 0 aliphatic heterocycles. The highest BCUT2D eigenvalue weighted by Gasteiger charge is 2.25. The van der Waals surface area contributed by atoms with Crippen molar-refractivity contribution in [3.8, 4) is 11.8 Å². The van der Waals surface area contributed by atoms with Crippen LogP contribution in [0.15, 0.2) is 24.3 Å². The third-order valence-electron chi connectivity index (χ3n) is 4.28. The second-order valence-electron chi connectivity index (χ2n) is 6.05. The minimum Gasteiger partial charge on any atom is -0.493 e. The lowest BCUT2D eigenvalue weighted by molar-refractivity contribution is 0.102. The smallest absolute Gasteiger partial charge is 0.260 e. The number of nitriles is 1. The van der Waals surface area contributed by atoms with E-state index in [9.17, 15) is 10.1 Å². The first kappa shape index (κ1) is 16.5. The standard InChI is InChI=1S/C19H20N2O2S/c1-3-23-16-7-5-4-6-14(16)18(22)21-19-15(11-20)13-9-8-12(2)10-17(13)24-19/h4-7,12H,3,8-10H2,1-2H3,(H,21,22). The number of rotatable bonds is 4. The molecular weight excluding hydrogens is 320 g/mol. The summed E-state index contributed by atoms with van der Waals surface area (Å²) in [6.45, 7) is 4.61. The minimum absolute atomic E-state index is 0.234. The van der Waals surface area contributed by atoms with Crippen molar-refractivity contribution in [1.29, 1.82) is 5.26 Å². The summed E-state index contributed by atoms with van der Waals surface area (Å²) in [6, 6.07) is 9.45. The van der Waals surface area contributed by atoms with Crippen LogP contribution in [0.1, 0.15) is 46.6 Å². The predicted molar refractivity (Wildman–Crippen MR) is 95.8 cm³/mol. The van der Waals surface area contributed by atoms with Crippen LogP contribution in [-0.2, 0) is 12.8 Å². The summed E-state index contributed by atoms with van der Waals surface area (Å²) in [6.07, 6.45) is 3.00. The van der Waals surface area contributed by atoms with E-state index in [1.165, 1.54) is 16.2 Å². The Bertz CT molecular complexity index is 804. The maximum absolute atomic E-state index is 12.7. The Morgan fingerprint density at radius 1 is 1.46 bits per heavy atom. The molecule has 5 heteroatoms. The number of nitrogens with zero attached hydrogens (tertiary/aromatic N) is 1. The molecule has 0 bridgehead atoms. The minimum atomic E-state index is -0.234. The molecule has 0 radical (unpaired) electrons. The van der Waals surface area contributed by atoms with E-state index in [1.807, 2.05) is 19.1 Å². The number of benzene rings is 1. The highest BCUT2D eigenvalue weighted by atomic mass is 32.1. The van der Waals surface area contributed by atoms with E-state index in [0.29, 0.717) is 34.4 Å². The first-order chi connectivity index (χ1) is 11.6. The molecule has 1 aliphatic rings. The number of para-hydroxylation sites is 1. The van der Waals surface area contributed by atoms with Gasteiger partial charge in [-0.05, 0) is 49.8 Å². The highest BCUT2D eigenvalue weighted by Crippen LogP contribution is 2.39. The molecule has 1 N–H and O–H groups in total. The van der Waals surface area contributed by atoms with Gasteiger partial charge in [0.05, 0.1) is 17.7 Å². The van der Waals surface area contributed by atoms with Crippen LogP contribution in [0, 0.1) is 17.2 Å². The van der Waals surface area contributed by atoms with E-state index in [4.69, 9.17) is 4.74 Å². The van der Waals surface area contributed by atoms with Crippen molar-refractivity contribution < 1.29 is 9.53 Å². The van der Waals surface area contributed by atoms with Crippen molar-refractivity contribution in [2.45, 2.75) is 33.1 Å². The van der Waals surface area contributed by atoms with Crippen molar-refractivity contribution in [2.24, 2.45) is 5.92 Å². The number of hydrogen-bond donors (Lipinski definition) is 1. The first-order valence-corrected chi connectivity index (χ1v) is 9.03. The van der Waals surface area contributed by atoms with Gasteiger partial charge in [0, 0.05) is 4.88 Å². The molecule has 4 nitrogen and oxygen atoms in total. The average Bonchev–Trinajstić information content (AvgIpc) is 2.91. The molecule has 1 amide bonds. The van der Waals surface area contributed by atoms with Gasteiger partial charge in [0.25, 0.3) is 5.91 Å². The molecule has 0 saturated carbocycles. The molecule has 0 saturated heterocycles. The average molecular weight is 340 g/mol. The lowest BCUT2D eigenvalue weighted by atomic mass is 9.88. The number of hydrogen-bond acceptors (Lipinski definition) is 4. The molecule has 1 aliphatic carbocycles. The van der Waals surface area contributed by atoms with Gasteiger partial charge in [-0.25, -0.2) is 0 Å². The molecule has 1 aromatic heterocycles. The monoisotopic (exact) mass is 340 g/mol. The van der Waals surface area contributed by atoms with Gasteiger partial charge in [0.15, 0.2) is 0 Å². The zero-order valence-corrected chi connectivity index (χ0v) is 14.7. The second kappa shape index (κ2) is 7.06. The van der Waals surface area contributed by atoms with Crippen LogP contribution in [0.4, 0.5) is 5.00 Å². The van der Waals surface area contributed by atoms with Gasteiger partial charge >= 0.3 is 0 Å². The Labute approximate surface area is 146 Å². The van der Waals surface area contributed by atoms with Crippen molar-refractivity contribution in [3.05, 3.63) is 45.8 Å². The number of fused-ring (bicyclic) bond motifs is 1. The number of nitrogens with one attached hydrogen (secondary N) is 1. The van der Waals surface area contributed by atoms with Crippen LogP contribution in [0.5, 0.6) is 5.75 Å². The molecule has 124 valence electrons. The fourth-order valence-electron chi connectivity index (χ4n) is 3.06. The first-order valence-electron chi connectivity index (χ1n) is 8.21. The SMILES string of the molecule is CCOc1ccccc1C(=O)Nc1sc2c(c1C#N)CCC(C)C2. The molecule has 0 fully saturated rings. The second-order valence-corrected chi connectivity index (χ2v) is 7.16. The third kappa shape index (κ3) is 3.15. The Kier molecular flexibility index (Phi) is 4.86. The number of amides is 1. The summed E-state index contributed by atoms with van der Waals surface area (Å²) in [4.78, 5) is 13.9. The fraction of sp³-hybridized carbons (Fsp3) is 0.368. The van der Waals surface area contributed by atoms with Gasteiger partial charge in [-0.3, -0.25) is 4.79 Å². The van der Waals surface area contributed by atoms with Gasteiger partial charge < -0.3 is 10.1 Å². The summed E-state index contributed by atoms with van der Waals surface area (Å²) in [5, 5.41) is 13.1. The normalized spacial score (nSPS) is 16.1. The van der Waals surface area contributed by atoms with E-state index >= 15 is 0 Å². The number of carbonyl (C=O) groups excluding carboxylic acids is 1.